The van der Waals surface area contributed by atoms with E-state index in [0.29, 0.717) is 22.5 Å². The molecule has 0 spiro atoms. The standard InChI is InChI=1S/C13H12N4O3S2/c1-19-12(18)9-5-4-8(20-9)7-22-13-16-15-11(17(13)14)10-3-2-6-21-10/h2-6H,7,14H2,1H3. The van der Waals surface area contributed by atoms with Gasteiger partial charge >= 0.3 is 5.97 Å². The molecule has 0 atom stereocenters. The van der Waals surface area contributed by atoms with E-state index in [1.807, 2.05) is 17.5 Å². The SMILES string of the molecule is COC(=O)c1ccc(CSc2nnc(-c3cccs3)n2N)o1. The number of esters is 1. The lowest BCUT2D eigenvalue weighted by Gasteiger charge is -2.01. The first-order chi connectivity index (χ1) is 10.7. The van der Waals surface area contributed by atoms with Crippen molar-refractivity contribution >= 4 is 29.1 Å². The normalized spacial score (nSPS) is 10.8. The second-order valence-corrected chi connectivity index (χ2v) is 6.09. The van der Waals surface area contributed by atoms with E-state index in [9.17, 15) is 4.79 Å². The minimum Gasteiger partial charge on any atom is -0.463 e. The molecule has 0 bridgehead atoms. The first-order valence-electron chi connectivity index (χ1n) is 6.23. The van der Waals surface area contributed by atoms with Crippen LogP contribution < -0.4 is 5.84 Å². The smallest absolute Gasteiger partial charge is 0.373 e. The molecule has 0 radical (unpaired) electrons. The topological polar surface area (TPSA) is 96.2 Å². The van der Waals surface area contributed by atoms with E-state index in [-0.39, 0.29) is 5.76 Å². The highest BCUT2D eigenvalue weighted by Gasteiger charge is 2.15. The molecule has 2 N–H and O–H groups in total. The molecule has 3 heterocycles. The van der Waals surface area contributed by atoms with Crippen molar-refractivity contribution in [1.29, 1.82) is 0 Å². The average molecular weight is 336 g/mol. The Labute approximate surface area is 134 Å². The van der Waals surface area contributed by atoms with Crippen LogP contribution in [0.15, 0.2) is 39.2 Å². The number of carbonyl (C=O) groups excluding carboxylic acids is 1. The summed E-state index contributed by atoms with van der Waals surface area (Å²) in [6.45, 7) is 0. The van der Waals surface area contributed by atoms with E-state index in [1.165, 1.54) is 23.5 Å². The van der Waals surface area contributed by atoms with Gasteiger partial charge in [0.1, 0.15) is 5.76 Å². The number of methoxy groups -OCH3 is 1. The molecule has 0 aromatic carbocycles. The Balaban J connectivity index is 1.69. The summed E-state index contributed by atoms with van der Waals surface area (Å²) in [6.07, 6.45) is 0. The van der Waals surface area contributed by atoms with E-state index in [0.717, 1.165) is 4.88 Å². The van der Waals surface area contributed by atoms with Crippen LogP contribution in [0.4, 0.5) is 0 Å². The zero-order chi connectivity index (χ0) is 15.5. The molecule has 3 aromatic heterocycles. The van der Waals surface area contributed by atoms with Crippen molar-refractivity contribution in [3.8, 4) is 10.7 Å². The quantitative estimate of drug-likeness (QED) is 0.434. The molecule has 22 heavy (non-hydrogen) atoms. The van der Waals surface area contributed by atoms with Gasteiger partial charge in [0.25, 0.3) is 0 Å². The molecule has 3 rings (SSSR count). The van der Waals surface area contributed by atoms with Gasteiger partial charge in [-0.25, -0.2) is 9.47 Å². The van der Waals surface area contributed by atoms with Crippen LogP contribution in [0.25, 0.3) is 10.7 Å². The second kappa shape index (κ2) is 6.24. The molecule has 0 fully saturated rings. The molecule has 3 aromatic rings. The van der Waals surface area contributed by atoms with Crippen LogP contribution in [-0.2, 0) is 10.5 Å². The predicted molar refractivity (Wildman–Crippen MR) is 83.1 cm³/mol. The number of nitrogens with zero attached hydrogens (tertiary/aromatic N) is 3. The van der Waals surface area contributed by atoms with Crippen molar-refractivity contribution in [3.63, 3.8) is 0 Å². The van der Waals surface area contributed by atoms with Gasteiger partial charge in [0.2, 0.25) is 10.9 Å². The van der Waals surface area contributed by atoms with E-state index in [2.05, 4.69) is 14.9 Å². The maximum Gasteiger partial charge on any atom is 0.373 e. The lowest BCUT2D eigenvalue weighted by molar-refractivity contribution is 0.0563. The number of furan rings is 1. The van der Waals surface area contributed by atoms with Crippen LogP contribution in [0.5, 0.6) is 0 Å². The van der Waals surface area contributed by atoms with Crippen molar-refractivity contribution < 1.29 is 13.9 Å². The number of hydrogen-bond donors (Lipinski definition) is 1. The van der Waals surface area contributed by atoms with Gasteiger partial charge in [-0.1, -0.05) is 17.8 Å². The Morgan fingerprint density at radius 1 is 1.45 bits per heavy atom. The summed E-state index contributed by atoms with van der Waals surface area (Å²) < 4.78 is 11.4. The fourth-order valence-corrected chi connectivity index (χ4v) is 3.21. The number of carbonyl (C=O) groups is 1. The number of thioether (sulfide) groups is 1. The zero-order valence-corrected chi connectivity index (χ0v) is 13.2. The van der Waals surface area contributed by atoms with Crippen molar-refractivity contribution in [2.45, 2.75) is 10.9 Å². The Morgan fingerprint density at radius 2 is 2.32 bits per heavy atom. The molecule has 114 valence electrons. The maximum absolute atomic E-state index is 11.3. The fourth-order valence-electron chi connectivity index (χ4n) is 1.75. The third-order valence-electron chi connectivity index (χ3n) is 2.80. The molecule has 0 aliphatic heterocycles. The Bertz CT molecular complexity index is 779. The van der Waals surface area contributed by atoms with Crippen LogP contribution in [0, 0.1) is 0 Å². The van der Waals surface area contributed by atoms with Crippen molar-refractivity contribution in [2.24, 2.45) is 0 Å². The van der Waals surface area contributed by atoms with Crippen LogP contribution in [0.2, 0.25) is 0 Å². The molecule has 7 nitrogen and oxygen atoms in total. The highest BCUT2D eigenvalue weighted by molar-refractivity contribution is 7.98. The fraction of sp³-hybridized carbons (Fsp3) is 0.154. The summed E-state index contributed by atoms with van der Waals surface area (Å²) in [7, 11) is 1.31. The summed E-state index contributed by atoms with van der Waals surface area (Å²) in [5, 5.41) is 10.7. The third kappa shape index (κ3) is 2.85. The van der Waals surface area contributed by atoms with Crippen LogP contribution >= 0.6 is 23.1 Å². The van der Waals surface area contributed by atoms with E-state index in [1.54, 1.807) is 23.5 Å². The Morgan fingerprint density at radius 3 is 3.05 bits per heavy atom. The molecule has 0 aliphatic carbocycles. The number of nitrogens with two attached hydrogens (primary N) is 1. The van der Waals surface area contributed by atoms with E-state index in [4.69, 9.17) is 10.3 Å². The minimum absolute atomic E-state index is 0.173. The van der Waals surface area contributed by atoms with Crippen molar-refractivity contribution in [1.82, 2.24) is 14.9 Å². The predicted octanol–water partition coefficient (Wildman–Crippen LogP) is 2.39. The molecular weight excluding hydrogens is 324 g/mol. The number of aromatic nitrogens is 3. The third-order valence-corrected chi connectivity index (χ3v) is 4.63. The lowest BCUT2D eigenvalue weighted by Crippen LogP contribution is -2.11. The van der Waals surface area contributed by atoms with Gasteiger partial charge in [0.05, 0.1) is 17.7 Å². The first kappa shape index (κ1) is 14.7. The van der Waals surface area contributed by atoms with Gasteiger partial charge in [0.15, 0.2) is 5.82 Å². The maximum atomic E-state index is 11.3. The van der Waals surface area contributed by atoms with Crippen molar-refractivity contribution in [2.75, 3.05) is 13.0 Å². The lowest BCUT2D eigenvalue weighted by atomic mass is 10.4. The van der Waals surface area contributed by atoms with Gasteiger partial charge in [-0.2, -0.15) is 0 Å². The van der Waals surface area contributed by atoms with E-state index < -0.39 is 5.97 Å². The first-order valence-corrected chi connectivity index (χ1v) is 8.09. The highest BCUT2D eigenvalue weighted by atomic mass is 32.2. The van der Waals surface area contributed by atoms with Gasteiger partial charge in [-0.15, -0.1) is 21.5 Å². The molecule has 0 saturated heterocycles. The van der Waals surface area contributed by atoms with E-state index >= 15 is 0 Å². The summed E-state index contributed by atoms with van der Waals surface area (Å²) in [4.78, 5) is 12.3. The van der Waals surface area contributed by atoms with Crippen molar-refractivity contribution in [3.05, 3.63) is 41.2 Å². The molecule has 9 heteroatoms. The number of ether oxygens (including phenoxy) is 1. The van der Waals surface area contributed by atoms with Gasteiger partial charge in [-0.3, -0.25) is 0 Å². The number of thiophene rings is 1. The monoisotopic (exact) mass is 336 g/mol. The molecule has 0 unspecified atom stereocenters. The largest absolute Gasteiger partial charge is 0.463 e. The average Bonchev–Trinajstić information content (AvgIpc) is 3.25. The van der Waals surface area contributed by atoms with Crippen LogP contribution in [0.3, 0.4) is 0 Å². The zero-order valence-electron chi connectivity index (χ0n) is 11.6. The summed E-state index contributed by atoms with van der Waals surface area (Å²) in [6, 6.07) is 7.16. The molecule has 0 saturated carbocycles. The van der Waals surface area contributed by atoms with Gasteiger partial charge in [0, 0.05) is 0 Å². The molecule has 0 aliphatic rings. The summed E-state index contributed by atoms with van der Waals surface area (Å²) in [5.41, 5.74) is 0. The minimum atomic E-state index is -0.502. The van der Waals surface area contributed by atoms with Crippen LogP contribution in [-0.4, -0.2) is 28.0 Å². The van der Waals surface area contributed by atoms with Gasteiger partial charge in [-0.05, 0) is 23.6 Å². The highest BCUT2D eigenvalue weighted by Crippen LogP contribution is 2.27. The summed E-state index contributed by atoms with van der Waals surface area (Å²) >= 11 is 2.92. The summed E-state index contributed by atoms with van der Waals surface area (Å²) in [5.74, 6) is 7.41. The van der Waals surface area contributed by atoms with Gasteiger partial charge < -0.3 is 15.0 Å². The Kier molecular flexibility index (Phi) is 4.16. The molecule has 0 amide bonds. The van der Waals surface area contributed by atoms with Crippen LogP contribution in [0.1, 0.15) is 16.3 Å². The number of rotatable bonds is 5. The number of nitrogen functional groups attached to an aromatic ring is 1. The number of hydrogen-bond acceptors (Lipinski definition) is 8. The molecular formula is C13H12N4O3S2. The Hall–Kier alpha value is -2.26. The second-order valence-electron chi connectivity index (χ2n) is 4.20.